The number of anilines is 1. The number of carbonyl (C=O) groups is 1. The van der Waals surface area contributed by atoms with Gasteiger partial charge >= 0.3 is 5.97 Å². The van der Waals surface area contributed by atoms with Gasteiger partial charge < -0.3 is 23.9 Å². The fourth-order valence-electron chi connectivity index (χ4n) is 6.19. The Morgan fingerprint density at radius 2 is 1.87 bits per heavy atom. The Kier molecular flexibility index (Phi) is 6.29. The Morgan fingerprint density at radius 1 is 1.13 bits per heavy atom. The van der Waals surface area contributed by atoms with E-state index in [1.807, 2.05) is 24.3 Å². The van der Waals surface area contributed by atoms with E-state index in [1.165, 1.54) is 7.11 Å². The van der Waals surface area contributed by atoms with Crippen LogP contribution in [0, 0.1) is 11.8 Å². The number of hydrogen-bond acceptors (Lipinski definition) is 7. The van der Waals surface area contributed by atoms with Gasteiger partial charge in [0.2, 0.25) is 5.95 Å². The second-order valence-electron chi connectivity index (χ2n) is 10.9. The summed E-state index contributed by atoms with van der Waals surface area (Å²) in [5.41, 5.74) is 4.55. The topological polar surface area (TPSA) is 93.5 Å². The number of benzene rings is 2. The molecule has 2 aromatic heterocycles. The fraction of sp³-hybridized carbons (Fsp3) is 0.414. The number of hydrogen-bond donors (Lipinski definition) is 1. The Morgan fingerprint density at radius 3 is 2.56 bits per heavy atom. The summed E-state index contributed by atoms with van der Waals surface area (Å²) in [4.78, 5) is 22.4. The summed E-state index contributed by atoms with van der Waals surface area (Å²) in [7, 11) is 1.39. The summed E-state index contributed by atoms with van der Waals surface area (Å²) in [5.74, 6) is 2.88. The first-order valence-corrected chi connectivity index (χ1v) is 14.1. The zero-order valence-electron chi connectivity index (χ0n) is 21.5. The molecular weight excluding hydrogens is 539 g/mol. The van der Waals surface area contributed by atoms with Gasteiger partial charge in [-0.15, -0.1) is 0 Å². The molecule has 4 aromatic rings. The molecule has 0 bridgehead atoms. The molecule has 1 saturated heterocycles. The van der Waals surface area contributed by atoms with Gasteiger partial charge in [0.05, 0.1) is 46.5 Å². The Bertz CT molecular complexity index is 1530. The van der Waals surface area contributed by atoms with Crippen molar-refractivity contribution in [1.82, 2.24) is 15.1 Å². The molecule has 202 valence electrons. The van der Waals surface area contributed by atoms with Crippen LogP contribution in [-0.4, -0.2) is 47.4 Å². The average Bonchev–Trinajstić information content (AvgIpc) is 3.24. The molecule has 0 amide bonds. The van der Waals surface area contributed by atoms with E-state index in [0.29, 0.717) is 51.2 Å². The van der Waals surface area contributed by atoms with Crippen molar-refractivity contribution < 1.29 is 18.8 Å². The second-order valence-corrected chi connectivity index (χ2v) is 11.7. The van der Waals surface area contributed by atoms with E-state index in [2.05, 4.69) is 15.0 Å². The van der Waals surface area contributed by atoms with Crippen molar-refractivity contribution in [2.75, 3.05) is 25.1 Å². The van der Waals surface area contributed by atoms with Crippen molar-refractivity contribution in [3.05, 3.63) is 63.3 Å². The monoisotopic (exact) mass is 566 g/mol. The minimum absolute atomic E-state index is 0.178. The number of aromatic nitrogens is 3. The molecule has 10 heteroatoms. The van der Waals surface area contributed by atoms with Gasteiger partial charge in [-0.2, -0.15) is 0 Å². The molecule has 2 saturated carbocycles. The van der Waals surface area contributed by atoms with Crippen LogP contribution in [0.25, 0.3) is 22.3 Å². The lowest BCUT2D eigenvalue weighted by molar-refractivity contribution is 0.0402. The highest BCUT2D eigenvalue weighted by molar-refractivity contribution is 6.39. The molecular formula is C29H28Cl2N4O4. The SMILES string of the molecule is COC(=O)c1ccc2nc(N3CC4CC(OCc5c(-c6c(Cl)cccc6Cl)noc5C5CC5)CC4C3)[nH]c2c1. The molecule has 2 unspecified atom stereocenters. The predicted molar refractivity (Wildman–Crippen MR) is 148 cm³/mol. The number of imidazole rings is 1. The largest absolute Gasteiger partial charge is 0.465 e. The minimum Gasteiger partial charge on any atom is -0.465 e. The first-order chi connectivity index (χ1) is 19.0. The maximum atomic E-state index is 11.9. The highest BCUT2D eigenvalue weighted by atomic mass is 35.5. The molecule has 1 aliphatic heterocycles. The van der Waals surface area contributed by atoms with Crippen molar-refractivity contribution >= 4 is 46.2 Å². The third-order valence-corrected chi connectivity index (χ3v) is 8.96. The lowest BCUT2D eigenvalue weighted by Gasteiger charge is -2.19. The molecule has 2 atom stereocenters. The molecule has 0 spiro atoms. The summed E-state index contributed by atoms with van der Waals surface area (Å²) in [5, 5.41) is 5.50. The Labute approximate surface area is 235 Å². The third-order valence-electron chi connectivity index (χ3n) is 8.33. The predicted octanol–water partition coefficient (Wildman–Crippen LogP) is 6.62. The molecule has 1 N–H and O–H groups in total. The number of aromatic amines is 1. The quantitative estimate of drug-likeness (QED) is 0.251. The normalized spacial score (nSPS) is 22.5. The van der Waals surface area contributed by atoms with E-state index in [4.69, 9.17) is 42.2 Å². The first-order valence-electron chi connectivity index (χ1n) is 13.4. The first kappa shape index (κ1) is 24.9. The molecule has 2 aliphatic carbocycles. The van der Waals surface area contributed by atoms with Crippen LogP contribution in [0.5, 0.6) is 0 Å². The number of rotatable bonds is 7. The van der Waals surface area contributed by atoms with E-state index in [9.17, 15) is 4.79 Å². The van der Waals surface area contributed by atoms with Crippen molar-refractivity contribution in [2.45, 2.75) is 44.3 Å². The summed E-state index contributed by atoms with van der Waals surface area (Å²) < 4.78 is 17.1. The van der Waals surface area contributed by atoms with E-state index >= 15 is 0 Å². The van der Waals surface area contributed by atoms with Crippen LogP contribution in [0.3, 0.4) is 0 Å². The minimum atomic E-state index is -0.354. The van der Waals surface area contributed by atoms with E-state index in [-0.39, 0.29) is 12.1 Å². The van der Waals surface area contributed by atoms with Crippen molar-refractivity contribution in [2.24, 2.45) is 11.8 Å². The van der Waals surface area contributed by atoms with Crippen LogP contribution >= 0.6 is 23.2 Å². The molecule has 8 nitrogen and oxygen atoms in total. The van der Waals surface area contributed by atoms with Crippen LogP contribution in [-0.2, 0) is 16.1 Å². The number of carbonyl (C=O) groups excluding carboxylic acids is 1. The van der Waals surface area contributed by atoms with Gasteiger partial charge in [-0.1, -0.05) is 34.4 Å². The van der Waals surface area contributed by atoms with Gasteiger partial charge in [0.15, 0.2) is 0 Å². The maximum absolute atomic E-state index is 11.9. The van der Waals surface area contributed by atoms with E-state index in [1.54, 1.807) is 12.1 Å². The fourth-order valence-corrected chi connectivity index (χ4v) is 6.77. The molecule has 3 heterocycles. The summed E-state index contributed by atoms with van der Waals surface area (Å²) in [6.07, 6.45) is 4.39. The lowest BCUT2D eigenvalue weighted by atomic mass is 10.0. The standard InChI is InChI=1S/C29H28Cl2N4O4/c1-37-28(36)16-7-8-23-24(11-16)33-29(32-23)35-12-17-9-19(10-18(17)13-35)38-14-20-26(34-39-27(20)15-5-6-15)25-21(30)3-2-4-22(25)31/h2-4,7-8,11,15,17-19H,5-6,9-10,12-14H2,1H3,(H,32,33). The van der Waals surface area contributed by atoms with Crippen LogP contribution in [0.15, 0.2) is 40.9 Å². The van der Waals surface area contributed by atoms with Crippen LogP contribution in [0.1, 0.15) is 53.3 Å². The van der Waals surface area contributed by atoms with Crippen molar-refractivity contribution in [3.63, 3.8) is 0 Å². The zero-order chi connectivity index (χ0) is 26.7. The van der Waals surface area contributed by atoms with Crippen LogP contribution < -0.4 is 4.90 Å². The number of methoxy groups -OCH3 is 1. The number of halogens is 2. The molecule has 39 heavy (non-hydrogen) atoms. The van der Waals surface area contributed by atoms with Crippen LogP contribution in [0.2, 0.25) is 10.0 Å². The summed E-state index contributed by atoms with van der Waals surface area (Å²) >= 11 is 13.0. The number of ether oxygens (including phenoxy) is 2. The number of nitrogens with zero attached hydrogens (tertiary/aromatic N) is 3. The second kappa shape index (κ2) is 9.84. The van der Waals surface area contributed by atoms with Gasteiger partial charge in [-0.3, -0.25) is 0 Å². The molecule has 0 radical (unpaired) electrons. The van der Waals surface area contributed by atoms with Crippen molar-refractivity contribution in [3.8, 4) is 11.3 Å². The molecule has 2 aromatic carbocycles. The lowest BCUT2D eigenvalue weighted by Crippen LogP contribution is -2.24. The summed E-state index contributed by atoms with van der Waals surface area (Å²) in [6, 6.07) is 10.9. The number of fused-ring (bicyclic) bond motifs is 2. The Balaban J connectivity index is 1.03. The van der Waals surface area contributed by atoms with Crippen LogP contribution in [0.4, 0.5) is 5.95 Å². The number of H-pyrrole nitrogens is 1. The maximum Gasteiger partial charge on any atom is 0.337 e. The smallest absolute Gasteiger partial charge is 0.337 e. The van der Waals surface area contributed by atoms with Gasteiger partial charge in [0.25, 0.3) is 0 Å². The van der Waals surface area contributed by atoms with E-state index < -0.39 is 0 Å². The van der Waals surface area contributed by atoms with E-state index in [0.717, 1.165) is 67.1 Å². The highest BCUT2D eigenvalue weighted by Crippen LogP contribution is 2.47. The zero-order valence-corrected chi connectivity index (χ0v) is 23.0. The van der Waals surface area contributed by atoms with Crippen molar-refractivity contribution in [1.29, 1.82) is 0 Å². The van der Waals surface area contributed by atoms with Gasteiger partial charge in [0, 0.05) is 30.1 Å². The van der Waals surface area contributed by atoms with Gasteiger partial charge in [-0.05, 0) is 67.9 Å². The third kappa shape index (κ3) is 4.58. The number of esters is 1. The molecule has 3 fully saturated rings. The highest BCUT2D eigenvalue weighted by Gasteiger charge is 2.42. The van der Waals surface area contributed by atoms with Gasteiger partial charge in [-0.25, -0.2) is 9.78 Å². The molecule has 3 aliphatic rings. The summed E-state index contributed by atoms with van der Waals surface area (Å²) in [6.45, 7) is 2.29. The Hall–Kier alpha value is -3.07. The average molecular weight is 567 g/mol. The molecule has 7 rings (SSSR count). The number of nitrogens with one attached hydrogen (secondary N) is 1. The van der Waals surface area contributed by atoms with Gasteiger partial charge in [0.1, 0.15) is 11.5 Å².